The van der Waals surface area contributed by atoms with Gasteiger partial charge in [0.15, 0.2) is 5.96 Å². The van der Waals surface area contributed by atoms with Gasteiger partial charge in [0.1, 0.15) is 5.75 Å². The summed E-state index contributed by atoms with van der Waals surface area (Å²) in [4.78, 5) is 4.66. The summed E-state index contributed by atoms with van der Waals surface area (Å²) < 4.78 is 29.1. The van der Waals surface area contributed by atoms with Gasteiger partial charge in [0.05, 0.1) is 18.0 Å². The predicted octanol–water partition coefficient (Wildman–Crippen LogP) is 4.08. The maximum absolute atomic E-state index is 11.6. The molecule has 0 aliphatic rings. The normalized spacial score (nSPS) is 11.6. The summed E-state index contributed by atoms with van der Waals surface area (Å²) in [5, 5.41) is 11.8. The van der Waals surface area contributed by atoms with Crippen molar-refractivity contribution < 1.29 is 13.2 Å². The lowest BCUT2D eigenvalue weighted by Crippen LogP contribution is -2.36. The van der Waals surface area contributed by atoms with Crippen LogP contribution in [0.1, 0.15) is 49.8 Å². The van der Waals surface area contributed by atoms with Gasteiger partial charge in [-0.1, -0.05) is 44.0 Å². The van der Waals surface area contributed by atoms with Gasteiger partial charge in [-0.3, -0.25) is 0 Å². The number of nitrogens with two attached hydrogens (primary N) is 1. The third-order valence-corrected chi connectivity index (χ3v) is 5.58. The van der Waals surface area contributed by atoms with Crippen LogP contribution in [0.3, 0.4) is 0 Å². The number of ether oxygens (including phenoxy) is 1. The molecule has 4 N–H and O–H groups in total. The number of primary sulfonamides is 1. The Morgan fingerprint density at radius 1 is 1.09 bits per heavy atom. The minimum atomic E-state index is -3.73. The van der Waals surface area contributed by atoms with Crippen LogP contribution in [0, 0.1) is 6.92 Å². The van der Waals surface area contributed by atoms with Crippen molar-refractivity contribution in [2.24, 2.45) is 10.1 Å². The SMILES string of the molecule is CCCCCOc1cc(C)ccc1CNC(=NCc1cccc(S(N)(=O)=O)c1)NCC.I. The summed E-state index contributed by atoms with van der Waals surface area (Å²) in [6, 6.07) is 12.7. The van der Waals surface area contributed by atoms with Gasteiger partial charge in [0.2, 0.25) is 10.0 Å². The van der Waals surface area contributed by atoms with Crippen molar-refractivity contribution in [2.45, 2.75) is 58.0 Å². The lowest BCUT2D eigenvalue weighted by Gasteiger charge is -2.15. The molecule has 0 saturated heterocycles. The number of sulfonamides is 1. The zero-order valence-corrected chi connectivity index (χ0v) is 22.2. The van der Waals surface area contributed by atoms with Gasteiger partial charge >= 0.3 is 0 Å². The molecule has 32 heavy (non-hydrogen) atoms. The first kappa shape index (κ1) is 28.2. The van der Waals surface area contributed by atoms with Gasteiger partial charge in [-0.2, -0.15) is 0 Å². The Morgan fingerprint density at radius 3 is 2.56 bits per heavy atom. The van der Waals surface area contributed by atoms with Crippen LogP contribution in [0.4, 0.5) is 0 Å². The predicted molar refractivity (Wildman–Crippen MR) is 141 cm³/mol. The molecule has 178 valence electrons. The second-order valence-electron chi connectivity index (χ2n) is 7.41. The molecule has 0 amide bonds. The second kappa shape index (κ2) is 14.3. The number of guanidine groups is 1. The highest BCUT2D eigenvalue weighted by Gasteiger charge is 2.09. The van der Waals surface area contributed by atoms with Crippen LogP contribution < -0.4 is 20.5 Å². The van der Waals surface area contributed by atoms with Crippen molar-refractivity contribution >= 4 is 40.0 Å². The van der Waals surface area contributed by atoms with E-state index in [1.54, 1.807) is 12.1 Å². The number of aliphatic imine (C=N–C) groups is 1. The molecule has 0 aliphatic carbocycles. The molecule has 7 nitrogen and oxygen atoms in total. The quantitative estimate of drug-likeness (QED) is 0.162. The zero-order chi connectivity index (χ0) is 22.7. The minimum Gasteiger partial charge on any atom is -0.493 e. The Bertz CT molecular complexity index is 981. The molecule has 0 fully saturated rings. The fourth-order valence-electron chi connectivity index (χ4n) is 2.99. The van der Waals surface area contributed by atoms with E-state index in [-0.39, 0.29) is 28.9 Å². The summed E-state index contributed by atoms with van der Waals surface area (Å²) >= 11 is 0. The minimum absolute atomic E-state index is 0. The fourth-order valence-corrected chi connectivity index (χ4v) is 3.57. The number of hydrogen-bond acceptors (Lipinski definition) is 4. The summed E-state index contributed by atoms with van der Waals surface area (Å²) in [5.41, 5.74) is 2.98. The Balaban J connectivity index is 0.00000512. The number of hydrogen-bond donors (Lipinski definition) is 3. The van der Waals surface area contributed by atoms with Crippen LogP contribution in [-0.4, -0.2) is 27.5 Å². The van der Waals surface area contributed by atoms with E-state index in [1.165, 1.54) is 6.07 Å². The maximum atomic E-state index is 11.6. The number of aryl methyl sites for hydroxylation is 1. The average Bonchev–Trinajstić information content (AvgIpc) is 2.74. The van der Waals surface area contributed by atoms with E-state index in [0.29, 0.717) is 32.2 Å². The van der Waals surface area contributed by atoms with Gasteiger partial charge in [0.25, 0.3) is 0 Å². The van der Waals surface area contributed by atoms with Crippen molar-refractivity contribution in [2.75, 3.05) is 13.2 Å². The van der Waals surface area contributed by atoms with Crippen LogP contribution in [0.25, 0.3) is 0 Å². The van der Waals surface area contributed by atoms with Gasteiger partial charge in [-0.15, -0.1) is 24.0 Å². The Morgan fingerprint density at radius 2 is 1.88 bits per heavy atom. The molecule has 0 atom stereocenters. The summed E-state index contributed by atoms with van der Waals surface area (Å²) in [5.74, 6) is 1.53. The number of halogens is 1. The third kappa shape index (κ3) is 9.74. The fraction of sp³-hybridized carbons (Fsp3) is 0.435. The largest absolute Gasteiger partial charge is 0.493 e. The molecular weight excluding hydrogens is 539 g/mol. The molecule has 0 bridgehead atoms. The molecule has 2 aromatic carbocycles. The monoisotopic (exact) mass is 574 g/mol. The summed E-state index contributed by atoms with van der Waals surface area (Å²) in [6.07, 6.45) is 3.36. The van der Waals surface area contributed by atoms with Gasteiger partial charge < -0.3 is 15.4 Å². The number of nitrogens with zero attached hydrogens (tertiary/aromatic N) is 1. The Hall–Kier alpha value is -1.85. The van der Waals surface area contributed by atoms with E-state index in [4.69, 9.17) is 9.88 Å². The molecule has 0 unspecified atom stereocenters. The lowest BCUT2D eigenvalue weighted by atomic mass is 10.1. The van der Waals surface area contributed by atoms with Crippen LogP contribution in [0.5, 0.6) is 5.75 Å². The molecule has 0 spiro atoms. The molecule has 0 aliphatic heterocycles. The summed E-state index contributed by atoms with van der Waals surface area (Å²) in [6.45, 7) is 8.52. The highest BCUT2D eigenvalue weighted by molar-refractivity contribution is 14.0. The molecule has 2 rings (SSSR count). The number of rotatable bonds is 11. The first-order valence-corrected chi connectivity index (χ1v) is 12.2. The molecular formula is C23H35IN4O3S. The van der Waals surface area contributed by atoms with E-state index in [2.05, 4.69) is 47.7 Å². The molecule has 2 aromatic rings. The highest BCUT2D eigenvalue weighted by Crippen LogP contribution is 2.21. The zero-order valence-electron chi connectivity index (χ0n) is 19.1. The van der Waals surface area contributed by atoms with Gasteiger partial charge in [-0.25, -0.2) is 18.5 Å². The van der Waals surface area contributed by atoms with E-state index < -0.39 is 10.0 Å². The molecule has 9 heteroatoms. The van der Waals surface area contributed by atoms with E-state index in [9.17, 15) is 8.42 Å². The van der Waals surface area contributed by atoms with Crippen molar-refractivity contribution in [1.29, 1.82) is 0 Å². The Kier molecular flexibility index (Phi) is 12.6. The van der Waals surface area contributed by atoms with Gasteiger partial charge in [0, 0.05) is 18.7 Å². The van der Waals surface area contributed by atoms with E-state index >= 15 is 0 Å². The van der Waals surface area contributed by atoms with Crippen molar-refractivity contribution in [3.63, 3.8) is 0 Å². The smallest absolute Gasteiger partial charge is 0.238 e. The standard InChI is InChI=1S/C23H34N4O3S.HI/c1-4-6-7-13-30-22-14-18(3)11-12-20(22)17-27-23(25-5-2)26-16-19-9-8-10-21(15-19)31(24,28)29;/h8-12,14-15H,4-7,13,16-17H2,1-3H3,(H2,24,28,29)(H2,25,26,27);1H. The highest BCUT2D eigenvalue weighted by atomic mass is 127. The van der Waals surface area contributed by atoms with Crippen molar-refractivity contribution in [3.8, 4) is 5.75 Å². The lowest BCUT2D eigenvalue weighted by molar-refractivity contribution is 0.303. The molecule has 0 aromatic heterocycles. The van der Waals surface area contributed by atoms with Crippen LogP contribution in [0.15, 0.2) is 52.4 Å². The average molecular weight is 575 g/mol. The first-order chi connectivity index (χ1) is 14.8. The topological polar surface area (TPSA) is 106 Å². The molecule has 0 heterocycles. The maximum Gasteiger partial charge on any atom is 0.238 e. The van der Waals surface area contributed by atoms with Crippen LogP contribution >= 0.6 is 24.0 Å². The number of unbranched alkanes of at least 4 members (excludes halogenated alkanes) is 2. The van der Waals surface area contributed by atoms with E-state index in [0.717, 1.165) is 41.7 Å². The molecule has 0 saturated carbocycles. The molecule has 0 radical (unpaired) electrons. The van der Waals surface area contributed by atoms with Crippen LogP contribution in [-0.2, 0) is 23.1 Å². The van der Waals surface area contributed by atoms with E-state index in [1.807, 2.05) is 13.0 Å². The number of nitrogens with one attached hydrogen (secondary N) is 2. The van der Waals surface area contributed by atoms with Crippen LogP contribution in [0.2, 0.25) is 0 Å². The van der Waals surface area contributed by atoms with Crippen molar-refractivity contribution in [1.82, 2.24) is 10.6 Å². The second-order valence-corrected chi connectivity index (χ2v) is 8.97. The Labute approximate surface area is 209 Å². The number of benzene rings is 2. The summed E-state index contributed by atoms with van der Waals surface area (Å²) in [7, 11) is -3.73. The van der Waals surface area contributed by atoms with Gasteiger partial charge in [-0.05, 0) is 49.6 Å². The third-order valence-electron chi connectivity index (χ3n) is 4.67. The first-order valence-electron chi connectivity index (χ1n) is 10.7. The van der Waals surface area contributed by atoms with Crippen molar-refractivity contribution in [3.05, 3.63) is 59.2 Å².